The van der Waals surface area contributed by atoms with Gasteiger partial charge in [-0.3, -0.25) is 0 Å². The van der Waals surface area contributed by atoms with Crippen molar-refractivity contribution in [2.45, 2.75) is 67.2 Å². The van der Waals surface area contributed by atoms with Crippen molar-refractivity contribution in [3.05, 3.63) is 44.5 Å². The molecule has 0 saturated carbocycles. The summed E-state index contributed by atoms with van der Waals surface area (Å²) < 4.78 is 22.7. The Hall–Kier alpha value is -3.24. The third-order valence-electron chi connectivity index (χ3n) is 6.68. The molecule has 0 bridgehead atoms. The number of benzene rings is 2. The van der Waals surface area contributed by atoms with Crippen LogP contribution in [0.3, 0.4) is 0 Å². The first-order valence-electron chi connectivity index (χ1n) is 11.6. The number of hydrogen-bond donors (Lipinski definition) is 0. The number of ether oxygens (including phenoxy) is 4. The topological polar surface area (TPSA) is 36.9 Å². The van der Waals surface area contributed by atoms with Gasteiger partial charge in [0.25, 0.3) is 0 Å². The lowest BCUT2D eigenvalue weighted by atomic mass is 9.94. The minimum absolute atomic E-state index is 0.707. The van der Waals surface area contributed by atoms with Crippen molar-refractivity contribution in [1.82, 2.24) is 0 Å². The molecule has 0 saturated heterocycles. The maximum atomic E-state index is 5.70. The quantitative estimate of drug-likeness (QED) is 0.441. The van der Waals surface area contributed by atoms with Crippen LogP contribution >= 0.6 is 0 Å². The second-order valence-electron chi connectivity index (χ2n) is 8.44. The summed E-state index contributed by atoms with van der Waals surface area (Å²) in [4.78, 5) is 0. The molecule has 182 valence electrons. The van der Waals surface area contributed by atoms with Crippen LogP contribution in [0.5, 0.6) is 23.0 Å². The highest BCUT2D eigenvalue weighted by atomic mass is 16.5. The predicted octanol–water partition coefficient (Wildman–Crippen LogP) is 6.14. The van der Waals surface area contributed by atoms with E-state index in [4.69, 9.17) is 18.9 Å². The zero-order chi connectivity index (χ0) is 25.4. The molecule has 0 fully saturated rings. The summed E-state index contributed by atoms with van der Waals surface area (Å²) in [6, 6.07) is 0. The fourth-order valence-electron chi connectivity index (χ4n) is 4.67. The van der Waals surface area contributed by atoms with Crippen LogP contribution in [-0.4, -0.2) is 28.4 Å². The lowest BCUT2D eigenvalue weighted by Crippen LogP contribution is -2.04. The molecule has 0 unspecified atom stereocenters. The SMILES string of the molecule is COc1c(C)c(C)c(OC)c(CCC#CC#CCCc2c(C)c(OC)c(C)c(C)c2OC)c1C. The molecule has 4 heteroatoms. The van der Waals surface area contributed by atoms with Gasteiger partial charge in [0.2, 0.25) is 0 Å². The van der Waals surface area contributed by atoms with Gasteiger partial charge >= 0.3 is 0 Å². The molecule has 0 aromatic heterocycles. The molecule has 0 heterocycles. The monoisotopic (exact) mass is 462 g/mol. The first-order valence-corrected chi connectivity index (χ1v) is 11.6. The third-order valence-corrected chi connectivity index (χ3v) is 6.68. The summed E-state index contributed by atoms with van der Waals surface area (Å²) in [7, 11) is 6.86. The Morgan fingerprint density at radius 1 is 0.441 bits per heavy atom. The Bertz CT molecular complexity index is 1070. The second-order valence-corrected chi connectivity index (χ2v) is 8.44. The van der Waals surface area contributed by atoms with Crippen molar-refractivity contribution < 1.29 is 18.9 Å². The van der Waals surface area contributed by atoms with Crippen molar-refractivity contribution in [1.29, 1.82) is 0 Å². The van der Waals surface area contributed by atoms with Crippen molar-refractivity contribution in [3.8, 4) is 46.7 Å². The summed E-state index contributed by atoms with van der Waals surface area (Å²) in [5.41, 5.74) is 8.98. The molecule has 2 aromatic carbocycles. The van der Waals surface area contributed by atoms with Crippen molar-refractivity contribution in [3.63, 3.8) is 0 Å². The molecule has 0 spiro atoms. The van der Waals surface area contributed by atoms with E-state index in [1.807, 2.05) is 0 Å². The van der Waals surface area contributed by atoms with Crippen molar-refractivity contribution in [2.24, 2.45) is 0 Å². The summed E-state index contributed by atoms with van der Waals surface area (Å²) >= 11 is 0. The molecule has 0 aliphatic rings. The highest BCUT2D eigenvalue weighted by molar-refractivity contribution is 5.59. The standard InChI is InChI=1S/C30H38O4/c1-19-21(3)29(33-9)25(23(5)27(19)31-7)17-15-13-11-12-14-16-18-26-24(6)28(32-8)20(2)22(4)30(26)34-10/h15-18H2,1-10H3. The van der Waals surface area contributed by atoms with E-state index >= 15 is 0 Å². The lowest BCUT2D eigenvalue weighted by molar-refractivity contribution is 0.391. The smallest absolute Gasteiger partial charge is 0.125 e. The van der Waals surface area contributed by atoms with Gasteiger partial charge in [0.05, 0.1) is 28.4 Å². The summed E-state index contributed by atoms with van der Waals surface area (Å²) in [6.45, 7) is 12.4. The van der Waals surface area contributed by atoms with Crippen LogP contribution in [0.2, 0.25) is 0 Å². The van der Waals surface area contributed by atoms with E-state index in [0.29, 0.717) is 12.8 Å². The average Bonchev–Trinajstić information content (AvgIpc) is 2.82. The molecular weight excluding hydrogens is 424 g/mol. The maximum Gasteiger partial charge on any atom is 0.125 e. The zero-order valence-electron chi connectivity index (χ0n) is 22.5. The van der Waals surface area contributed by atoms with E-state index in [1.165, 1.54) is 0 Å². The normalized spacial score (nSPS) is 10.1. The van der Waals surface area contributed by atoms with Crippen LogP contribution in [0.4, 0.5) is 0 Å². The van der Waals surface area contributed by atoms with E-state index < -0.39 is 0 Å². The molecule has 0 amide bonds. The van der Waals surface area contributed by atoms with Crippen molar-refractivity contribution >= 4 is 0 Å². The van der Waals surface area contributed by atoms with Gasteiger partial charge in [-0.1, -0.05) is 11.8 Å². The van der Waals surface area contributed by atoms with E-state index in [0.717, 1.165) is 80.3 Å². The fourth-order valence-corrected chi connectivity index (χ4v) is 4.67. The summed E-state index contributed by atoms with van der Waals surface area (Å²) in [5.74, 6) is 16.1. The molecular formula is C30H38O4. The van der Waals surface area contributed by atoms with E-state index in [2.05, 4.69) is 65.2 Å². The van der Waals surface area contributed by atoms with Crippen molar-refractivity contribution in [2.75, 3.05) is 28.4 Å². The molecule has 0 aliphatic heterocycles. The summed E-state index contributed by atoms with van der Waals surface area (Å²) in [6.07, 6.45) is 3.00. The van der Waals surface area contributed by atoms with Gasteiger partial charge in [-0.2, -0.15) is 0 Å². The van der Waals surface area contributed by atoms with E-state index in [9.17, 15) is 0 Å². The molecule has 4 nitrogen and oxygen atoms in total. The van der Waals surface area contributed by atoms with E-state index in [1.54, 1.807) is 28.4 Å². The second kappa shape index (κ2) is 12.3. The minimum atomic E-state index is 0.707. The third kappa shape index (κ3) is 5.45. The summed E-state index contributed by atoms with van der Waals surface area (Å²) in [5, 5.41) is 0. The Labute approximate surface area is 206 Å². The fraction of sp³-hybridized carbons (Fsp3) is 0.467. The Balaban J connectivity index is 2.10. The molecule has 0 aliphatic carbocycles. The Kier molecular flexibility index (Phi) is 9.76. The van der Waals surface area contributed by atoms with Gasteiger partial charge in [-0.25, -0.2) is 0 Å². The molecule has 2 rings (SSSR count). The molecule has 34 heavy (non-hydrogen) atoms. The Morgan fingerprint density at radius 2 is 0.735 bits per heavy atom. The van der Waals surface area contributed by atoms with Gasteiger partial charge in [-0.05, 0) is 99.6 Å². The van der Waals surface area contributed by atoms with Crippen LogP contribution in [-0.2, 0) is 12.8 Å². The highest BCUT2D eigenvalue weighted by Gasteiger charge is 2.19. The molecule has 0 radical (unpaired) electrons. The van der Waals surface area contributed by atoms with E-state index in [-0.39, 0.29) is 0 Å². The van der Waals surface area contributed by atoms with Gasteiger partial charge in [-0.15, -0.1) is 0 Å². The van der Waals surface area contributed by atoms with Gasteiger partial charge in [0, 0.05) is 24.0 Å². The largest absolute Gasteiger partial charge is 0.496 e. The highest BCUT2D eigenvalue weighted by Crippen LogP contribution is 2.39. The molecule has 2 aromatic rings. The zero-order valence-corrected chi connectivity index (χ0v) is 22.5. The van der Waals surface area contributed by atoms with Gasteiger partial charge < -0.3 is 18.9 Å². The number of hydrogen-bond acceptors (Lipinski definition) is 4. The molecule has 0 N–H and O–H groups in total. The van der Waals surface area contributed by atoms with Crippen LogP contribution in [0.15, 0.2) is 0 Å². The minimum Gasteiger partial charge on any atom is -0.496 e. The first kappa shape index (κ1) is 27.0. The predicted molar refractivity (Wildman–Crippen MR) is 140 cm³/mol. The lowest BCUT2D eigenvalue weighted by Gasteiger charge is -2.20. The maximum absolute atomic E-state index is 5.70. The average molecular weight is 463 g/mol. The number of rotatable bonds is 8. The van der Waals surface area contributed by atoms with Crippen LogP contribution < -0.4 is 18.9 Å². The van der Waals surface area contributed by atoms with Gasteiger partial charge in [0.1, 0.15) is 23.0 Å². The van der Waals surface area contributed by atoms with Crippen LogP contribution in [0.25, 0.3) is 0 Å². The van der Waals surface area contributed by atoms with Gasteiger partial charge in [0.15, 0.2) is 0 Å². The number of methoxy groups -OCH3 is 4. The molecule has 0 atom stereocenters. The first-order chi connectivity index (χ1) is 16.2. The Morgan fingerprint density at radius 3 is 1.03 bits per heavy atom. The van der Waals surface area contributed by atoms with Crippen LogP contribution in [0.1, 0.15) is 57.3 Å². The van der Waals surface area contributed by atoms with Crippen LogP contribution in [0, 0.1) is 65.2 Å².